The molecule has 4 heterocycles. The molecule has 2 aromatic heterocycles. The number of amides is 2. The average Bonchev–Trinajstić information content (AvgIpc) is 3.58. The van der Waals surface area contributed by atoms with Gasteiger partial charge in [0.2, 0.25) is 12.3 Å². The number of nitrogens with zero attached hydrogens (tertiary/aromatic N) is 4. The summed E-state index contributed by atoms with van der Waals surface area (Å²) in [5, 5.41) is 15.9. The molecule has 4 atom stereocenters. The molecule has 2 bridgehead atoms. The standard InChI is InChI=1S/C28H42N6O2S/c1-18(2)27-32-31-19(3)34(27)23-15-21-9-10-22(16-23)33(21)14-13-24(25-11-12-26(37-25)29-17-35)30-28(36)20-7-5-4-6-8-20/h11-12,17-18,20-24H,4-10,13-16H2,1-3H3,(H,29,35)(H,30,36)/t21-,22+,23-,24-/m0/s1. The van der Waals surface area contributed by atoms with Gasteiger partial charge < -0.3 is 15.2 Å². The van der Waals surface area contributed by atoms with Crippen molar-refractivity contribution >= 4 is 28.7 Å². The van der Waals surface area contributed by atoms with Crippen LogP contribution in [0.1, 0.15) is 113 Å². The van der Waals surface area contributed by atoms with Gasteiger partial charge in [-0.1, -0.05) is 33.1 Å². The van der Waals surface area contributed by atoms with E-state index >= 15 is 0 Å². The van der Waals surface area contributed by atoms with Crippen molar-refractivity contribution in [1.29, 1.82) is 0 Å². The monoisotopic (exact) mass is 526 g/mol. The molecule has 9 heteroatoms. The van der Waals surface area contributed by atoms with Crippen LogP contribution in [0.25, 0.3) is 0 Å². The maximum atomic E-state index is 13.2. The first kappa shape index (κ1) is 26.4. The number of nitrogens with one attached hydrogen (secondary N) is 2. The highest BCUT2D eigenvalue weighted by atomic mass is 32.1. The van der Waals surface area contributed by atoms with E-state index in [-0.39, 0.29) is 17.9 Å². The first-order valence-corrected chi connectivity index (χ1v) is 15.0. The molecule has 37 heavy (non-hydrogen) atoms. The molecule has 0 aromatic carbocycles. The Morgan fingerprint density at radius 1 is 1.08 bits per heavy atom. The third-order valence-corrected chi connectivity index (χ3v) is 9.90. The molecule has 202 valence electrons. The smallest absolute Gasteiger partial charge is 0.223 e. The summed E-state index contributed by atoms with van der Waals surface area (Å²) in [5.74, 6) is 2.85. The quantitative estimate of drug-likeness (QED) is 0.408. The minimum Gasteiger partial charge on any atom is -0.348 e. The third kappa shape index (κ3) is 5.77. The first-order valence-electron chi connectivity index (χ1n) is 14.2. The number of anilines is 1. The summed E-state index contributed by atoms with van der Waals surface area (Å²) >= 11 is 1.57. The van der Waals surface area contributed by atoms with Gasteiger partial charge in [0.25, 0.3) is 0 Å². The van der Waals surface area contributed by atoms with Crippen LogP contribution in [0.3, 0.4) is 0 Å². The lowest BCUT2D eigenvalue weighted by atomic mass is 9.88. The molecule has 2 aromatic rings. The Hall–Kier alpha value is -2.26. The van der Waals surface area contributed by atoms with Crippen molar-refractivity contribution in [3.8, 4) is 0 Å². The summed E-state index contributed by atoms with van der Waals surface area (Å²) in [5.41, 5.74) is 0. The lowest BCUT2D eigenvalue weighted by Gasteiger charge is -2.40. The molecule has 8 nitrogen and oxygen atoms in total. The third-order valence-electron chi connectivity index (χ3n) is 8.77. The Kier molecular flexibility index (Phi) is 8.29. The summed E-state index contributed by atoms with van der Waals surface area (Å²) in [6.45, 7) is 7.46. The number of rotatable bonds is 10. The second kappa shape index (κ2) is 11.6. The number of aryl methyl sites for hydroxylation is 1. The number of thiophene rings is 1. The molecule has 2 saturated heterocycles. The van der Waals surface area contributed by atoms with E-state index in [0.717, 1.165) is 79.4 Å². The van der Waals surface area contributed by atoms with Gasteiger partial charge in [-0.2, -0.15) is 0 Å². The van der Waals surface area contributed by atoms with Crippen LogP contribution in [-0.4, -0.2) is 50.6 Å². The second-order valence-corrected chi connectivity index (χ2v) is 12.6. The van der Waals surface area contributed by atoms with Gasteiger partial charge in [-0.25, -0.2) is 0 Å². The molecule has 2 aliphatic heterocycles. The zero-order valence-electron chi connectivity index (χ0n) is 22.5. The van der Waals surface area contributed by atoms with E-state index in [2.05, 4.69) is 57.1 Å². The van der Waals surface area contributed by atoms with Gasteiger partial charge in [0, 0.05) is 41.4 Å². The minimum atomic E-state index is -0.0219. The second-order valence-electron chi connectivity index (χ2n) is 11.5. The predicted octanol–water partition coefficient (Wildman–Crippen LogP) is 5.34. The SMILES string of the molecule is Cc1nnc(C(C)C)n1[C@@H]1C[C@H]2CC[C@@H](C1)N2CC[C@H](NC(=O)C1CCCCC1)c1ccc(NC=O)s1. The van der Waals surface area contributed by atoms with E-state index in [0.29, 0.717) is 24.0 Å². The zero-order chi connectivity index (χ0) is 25.9. The predicted molar refractivity (Wildman–Crippen MR) is 147 cm³/mol. The van der Waals surface area contributed by atoms with E-state index in [1.807, 2.05) is 6.07 Å². The van der Waals surface area contributed by atoms with Crippen LogP contribution in [0, 0.1) is 12.8 Å². The Morgan fingerprint density at radius 3 is 2.49 bits per heavy atom. The van der Waals surface area contributed by atoms with Gasteiger partial charge >= 0.3 is 0 Å². The molecule has 0 spiro atoms. The Balaban J connectivity index is 1.26. The summed E-state index contributed by atoms with van der Waals surface area (Å²) in [4.78, 5) is 28.0. The Labute approximate surface area is 224 Å². The molecule has 0 radical (unpaired) electrons. The average molecular weight is 527 g/mol. The van der Waals surface area contributed by atoms with Gasteiger partial charge in [0.15, 0.2) is 0 Å². The molecule has 3 fully saturated rings. The number of hydrogen-bond donors (Lipinski definition) is 2. The summed E-state index contributed by atoms with van der Waals surface area (Å²) in [6.07, 6.45) is 11.9. The number of aromatic nitrogens is 3. The first-order chi connectivity index (χ1) is 17.9. The van der Waals surface area contributed by atoms with E-state index in [1.165, 1.54) is 19.3 Å². The molecule has 2 N–H and O–H groups in total. The molecule has 3 aliphatic rings. The highest BCUT2D eigenvalue weighted by Gasteiger charge is 2.42. The van der Waals surface area contributed by atoms with Crippen molar-refractivity contribution in [2.45, 2.75) is 115 Å². The number of carbonyl (C=O) groups excluding carboxylic acids is 2. The number of piperidine rings is 1. The topological polar surface area (TPSA) is 92.2 Å². The number of hydrogen-bond acceptors (Lipinski definition) is 6. The van der Waals surface area contributed by atoms with Gasteiger partial charge in [-0.05, 0) is 64.0 Å². The van der Waals surface area contributed by atoms with Gasteiger partial charge in [-0.3, -0.25) is 14.5 Å². The van der Waals surface area contributed by atoms with Gasteiger partial charge in [0.1, 0.15) is 11.6 Å². The molecule has 0 unspecified atom stereocenters. The van der Waals surface area contributed by atoms with Crippen LogP contribution in [0.5, 0.6) is 0 Å². The van der Waals surface area contributed by atoms with Crippen molar-refractivity contribution < 1.29 is 9.59 Å². The molecular formula is C28H42N6O2S. The van der Waals surface area contributed by atoms with E-state index in [9.17, 15) is 9.59 Å². The van der Waals surface area contributed by atoms with Crippen LogP contribution in [0.15, 0.2) is 12.1 Å². The highest BCUT2D eigenvalue weighted by Crippen LogP contribution is 2.42. The molecule has 2 amide bonds. The highest BCUT2D eigenvalue weighted by molar-refractivity contribution is 7.16. The van der Waals surface area contributed by atoms with Crippen LogP contribution >= 0.6 is 11.3 Å². The van der Waals surface area contributed by atoms with Crippen LogP contribution in [0.4, 0.5) is 5.00 Å². The lowest BCUT2D eigenvalue weighted by Crippen LogP contribution is -2.45. The van der Waals surface area contributed by atoms with Crippen molar-refractivity contribution in [2.75, 3.05) is 11.9 Å². The van der Waals surface area contributed by atoms with E-state index in [4.69, 9.17) is 0 Å². The summed E-state index contributed by atoms with van der Waals surface area (Å²) in [6, 6.07) is 5.58. The molecule has 1 saturated carbocycles. The van der Waals surface area contributed by atoms with Crippen molar-refractivity contribution in [1.82, 2.24) is 25.0 Å². The fraction of sp³-hybridized carbons (Fsp3) is 0.714. The van der Waals surface area contributed by atoms with Crippen LogP contribution in [-0.2, 0) is 9.59 Å². The van der Waals surface area contributed by atoms with E-state index in [1.54, 1.807) is 11.3 Å². The summed E-state index contributed by atoms with van der Waals surface area (Å²) in [7, 11) is 0. The minimum absolute atomic E-state index is 0.0219. The maximum absolute atomic E-state index is 13.2. The zero-order valence-corrected chi connectivity index (χ0v) is 23.3. The van der Waals surface area contributed by atoms with Gasteiger partial charge in [0.05, 0.1) is 11.0 Å². The summed E-state index contributed by atoms with van der Waals surface area (Å²) < 4.78 is 2.41. The number of carbonyl (C=O) groups is 2. The fourth-order valence-electron chi connectivity index (χ4n) is 6.95. The van der Waals surface area contributed by atoms with Crippen molar-refractivity contribution in [2.24, 2.45) is 5.92 Å². The Morgan fingerprint density at radius 2 is 1.81 bits per heavy atom. The Bertz CT molecular complexity index is 1060. The molecule has 1 aliphatic carbocycles. The van der Waals surface area contributed by atoms with Crippen LogP contribution in [0.2, 0.25) is 0 Å². The van der Waals surface area contributed by atoms with Crippen molar-refractivity contribution in [3.63, 3.8) is 0 Å². The maximum Gasteiger partial charge on any atom is 0.223 e. The van der Waals surface area contributed by atoms with Gasteiger partial charge in [-0.15, -0.1) is 21.5 Å². The fourth-order valence-corrected chi connectivity index (χ4v) is 7.90. The van der Waals surface area contributed by atoms with Crippen molar-refractivity contribution in [3.05, 3.63) is 28.7 Å². The lowest BCUT2D eigenvalue weighted by molar-refractivity contribution is -0.126. The normalized spacial score (nSPS) is 25.4. The van der Waals surface area contributed by atoms with Crippen LogP contribution < -0.4 is 10.6 Å². The molecular weight excluding hydrogens is 484 g/mol. The molecule has 5 rings (SSSR count). The van der Waals surface area contributed by atoms with E-state index < -0.39 is 0 Å². The number of fused-ring (bicyclic) bond motifs is 2. The largest absolute Gasteiger partial charge is 0.348 e.